The highest BCUT2D eigenvalue weighted by atomic mass is 35.5. The van der Waals surface area contributed by atoms with Crippen LogP contribution in [0.3, 0.4) is 0 Å². The Labute approximate surface area is 65.0 Å². The van der Waals surface area contributed by atoms with Crippen LogP contribution in [0.2, 0.25) is 5.02 Å². The van der Waals surface area contributed by atoms with E-state index in [1.165, 1.54) is 0 Å². The number of hydrogen-bond donors (Lipinski definition) is 0. The van der Waals surface area contributed by atoms with Gasteiger partial charge in [-0.3, -0.25) is 4.98 Å². The van der Waals surface area contributed by atoms with Gasteiger partial charge in [-0.2, -0.15) is 0 Å². The molecule has 10 heavy (non-hydrogen) atoms. The van der Waals surface area contributed by atoms with Crippen molar-refractivity contribution in [1.82, 2.24) is 4.98 Å². The van der Waals surface area contributed by atoms with Crippen LogP contribution in [-0.4, -0.2) is 4.98 Å². The van der Waals surface area contributed by atoms with Crippen molar-refractivity contribution in [2.24, 2.45) is 0 Å². The highest BCUT2D eigenvalue weighted by Crippen LogP contribution is 2.05. The molecule has 0 radical (unpaired) electrons. The lowest BCUT2D eigenvalue weighted by Gasteiger charge is -1.91. The fraction of sp³-hybridized carbons (Fsp3) is 0.125. The first-order chi connectivity index (χ1) is 4.83. The average molecular weight is 152 g/mol. The number of terminal acetylenes is 1. The van der Waals surface area contributed by atoms with Crippen LogP contribution in [-0.2, 0) is 6.42 Å². The third-order valence-electron chi connectivity index (χ3n) is 1.07. The van der Waals surface area contributed by atoms with Gasteiger partial charge in [-0.25, -0.2) is 0 Å². The predicted octanol–water partition coefficient (Wildman–Crippen LogP) is 1.91. The molecule has 0 aliphatic carbocycles. The van der Waals surface area contributed by atoms with Crippen LogP contribution in [0.4, 0.5) is 0 Å². The number of aromatic nitrogens is 1. The van der Waals surface area contributed by atoms with Gasteiger partial charge in [-0.15, -0.1) is 12.3 Å². The summed E-state index contributed by atoms with van der Waals surface area (Å²) in [4.78, 5) is 3.99. The second-order valence-electron chi connectivity index (χ2n) is 1.85. The molecule has 0 amide bonds. The Kier molecular flexibility index (Phi) is 2.30. The smallest absolute Gasteiger partial charge is 0.0589 e. The van der Waals surface area contributed by atoms with Gasteiger partial charge in [-0.05, 0) is 12.1 Å². The molecule has 1 heterocycles. The van der Waals surface area contributed by atoms with E-state index in [2.05, 4.69) is 10.9 Å². The van der Waals surface area contributed by atoms with Gasteiger partial charge in [0.25, 0.3) is 0 Å². The first-order valence-corrected chi connectivity index (χ1v) is 3.24. The molecule has 0 saturated carbocycles. The SMILES string of the molecule is C#CCc1ccc(Cl)cn1. The van der Waals surface area contributed by atoms with Crippen molar-refractivity contribution >= 4 is 11.6 Å². The zero-order valence-electron chi connectivity index (χ0n) is 5.34. The molecule has 1 aromatic rings. The van der Waals surface area contributed by atoms with E-state index >= 15 is 0 Å². The summed E-state index contributed by atoms with van der Waals surface area (Å²) in [5.74, 6) is 2.50. The Morgan fingerprint density at radius 3 is 2.90 bits per heavy atom. The lowest BCUT2D eigenvalue weighted by Crippen LogP contribution is -1.84. The molecule has 0 N–H and O–H groups in total. The molecule has 0 aliphatic rings. The van der Waals surface area contributed by atoms with Gasteiger partial charge in [-0.1, -0.05) is 11.6 Å². The van der Waals surface area contributed by atoms with Crippen molar-refractivity contribution in [3.8, 4) is 12.3 Å². The molecule has 0 aliphatic heterocycles. The van der Waals surface area contributed by atoms with Gasteiger partial charge in [0.1, 0.15) is 0 Å². The monoisotopic (exact) mass is 151 g/mol. The van der Waals surface area contributed by atoms with Crippen LogP contribution in [0.5, 0.6) is 0 Å². The molecule has 0 unspecified atom stereocenters. The summed E-state index contributed by atoms with van der Waals surface area (Å²) in [6.07, 6.45) is 7.23. The van der Waals surface area contributed by atoms with Crippen molar-refractivity contribution in [2.75, 3.05) is 0 Å². The van der Waals surface area contributed by atoms with E-state index in [4.69, 9.17) is 18.0 Å². The number of hydrogen-bond acceptors (Lipinski definition) is 1. The third kappa shape index (κ3) is 1.75. The van der Waals surface area contributed by atoms with E-state index in [-0.39, 0.29) is 0 Å². The van der Waals surface area contributed by atoms with Gasteiger partial charge in [0.2, 0.25) is 0 Å². The van der Waals surface area contributed by atoms with Gasteiger partial charge in [0, 0.05) is 6.20 Å². The third-order valence-corrected chi connectivity index (χ3v) is 1.30. The molecule has 1 aromatic heterocycles. The first kappa shape index (κ1) is 7.11. The standard InChI is InChI=1S/C8H6ClN/c1-2-3-8-5-4-7(9)6-10-8/h1,4-6H,3H2. The van der Waals surface area contributed by atoms with Crippen LogP contribution in [0.15, 0.2) is 18.3 Å². The van der Waals surface area contributed by atoms with Crippen molar-refractivity contribution in [3.63, 3.8) is 0 Å². The van der Waals surface area contributed by atoms with Gasteiger partial charge in [0.05, 0.1) is 17.1 Å². The van der Waals surface area contributed by atoms with E-state index < -0.39 is 0 Å². The highest BCUT2D eigenvalue weighted by Gasteiger charge is 1.89. The molecular formula is C8H6ClN. The van der Waals surface area contributed by atoms with E-state index in [1.807, 2.05) is 6.07 Å². The predicted molar refractivity (Wildman–Crippen MR) is 41.8 cm³/mol. The number of halogens is 1. The zero-order valence-corrected chi connectivity index (χ0v) is 6.10. The molecule has 0 spiro atoms. The van der Waals surface area contributed by atoms with Crippen LogP contribution < -0.4 is 0 Å². The van der Waals surface area contributed by atoms with Gasteiger partial charge in [0.15, 0.2) is 0 Å². The molecule has 0 saturated heterocycles. The first-order valence-electron chi connectivity index (χ1n) is 2.87. The highest BCUT2D eigenvalue weighted by molar-refractivity contribution is 6.30. The van der Waals surface area contributed by atoms with Crippen LogP contribution >= 0.6 is 11.6 Å². The van der Waals surface area contributed by atoms with Crippen molar-refractivity contribution in [1.29, 1.82) is 0 Å². The zero-order chi connectivity index (χ0) is 7.40. The van der Waals surface area contributed by atoms with Crippen LogP contribution in [0, 0.1) is 12.3 Å². The quantitative estimate of drug-likeness (QED) is 0.559. The molecule has 1 nitrogen and oxygen atoms in total. The Bertz CT molecular complexity index is 245. The average Bonchev–Trinajstić information content (AvgIpc) is 1.95. The lowest BCUT2D eigenvalue weighted by atomic mass is 10.3. The second kappa shape index (κ2) is 3.24. The largest absolute Gasteiger partial charge is 0.259 e. The Morgan fingerprint density at radius 2 is 2.40 bits per heavy atom. The van der Waals surface area contributed by atoms with Gasteiger partial charge < -0.3 is 0 Å². The van der Waals surface area contributed by atoms with Crippen molar-refractivity contribution in [2.45, 2.75) is 6.42 Å². The van der Waals surface area contributed by atoms with E-state index in [1.54, 1.807) is 12.3 Å². The molecule has 2 heteroatoms. The fourth-order valence-electron chi connectivity index (χ4n) is 0.616. The summed E-state index contributed by atoms with van der Waals surface area (Å²) >= 11 is 5.60. The molecule has 0 aromatic carbocycles. The summed E-state index contributed by atoms with van der Waals surface area (Å²) in [5.41, 5.74) is 0.881. The molecule has 50 valence electrons. The normalized spacial score (nSPS) is 8.80. The maximum atomic E-state index is 5.60. The summed E-state index contributed by atoms with van der Waals surface area (Å²) in [7, 11) is 0. The lowest BCUT2D eigenvalue weighted by molar-refractivity contribution is 1.13. The Balaban J connectivity index is 2.81. The Morgan fingerprint density at radius 1 is 1.60 bits per heavy atom. The Hall–Kier alpha value is -1.00. The van der Waals surface area contributed by atoms with Crippen LogP contribution in [0.1, 0.15) is 5.69 Å². The van der Waals surface area contributed by atoms with E-state index in [0.29, 0.717) is 11.4 Å². The molecular weight excluding hydrogens is 146 g/mol. The minimum atomic E-state index is 0.567. The van der Waals surface area contributed by atoms with Gasteiger partial charge >= 0.3 is 0 Å². The molecule has 0 fully saturated rings. The summed E-state index contributed by atoms with van der Waals surface area (Å²) in [6.45, 7) is 0. The van der Waals surface area contributed by atoms with Crippen molar-refractivity contribution in [3.05, 3.63) is 29.0 Å². The minimum absolute atomic E-state index is 0.567. The summed E-state index contributed by atoms with van der Waals surface area (Å²) in [5, 5.41) is 0.640. The van der Waals surface area contributed by atoms with E-state index in [0.717, 1.165) is 5.69 Å². The number of rotatable bonds is 1. The maximum Gasteiger partial charge on any atom is 0.0589 e. The molecule has 1 rings (SSSR count). The second-order valence-corrected chi connectivity index (χ2v) is 2.29. The fourth-order valence-corrected chi connectivity index (χ4v) is 0.727. The topological polar surface area (TPSA) is 12.9 Å². The molecule has 0 bridgehead atoms. The maximum absolute atomic E-state index is 5.60. The van der Waals surface area contributed by atoms with E-state index in [9.17, 15) is 0 Å². The van der Waals surface area contributed by atoms with Crippen molar-refractivity contribution < 1.29 is 0 Å². The summed E-state index contributed by atoms with van der Waals surface area (Å²) < 4.78 is 0. The number of nitrogens with zero attached hydrogens (tertiary/aromatic N) is 1. The molecule has 0 atom stereocenters. The number of pyridine rings is 1. The van der Waals surface area contributed by atoms with Crippen LogP contribution in [0.25, 0.3) is 0 Å². The summed E-state index contributed by atoms with van der Waals surface area (Å²) in [6, 6.07) is 3.60. The minimum Gasteiger partial charge on any atom is -0.259 e.